The normalized spacial score (nSPS) is 25.6. The average molecular weight is 322 g/mol. The summed E-state index contributed by atoms with van der Waals surface area (Å²) in [5.74, 6) is -0.641. The van der Waals surface area contributed by atoms with Gasteiger partial charge in [0.25, 0.3) is 0 Å². The van der Waals surface area contributed by atoms with Crippen LogP contribution in [-0.4, -0.2) is 18.7 Å². The topological polar surface area (TPSA) is 90.9 Å². The maximum atomic E-state index is 12.9. The molecule has 2 fully saturated rings. The number of methoxy groups -OCH3 is 1. The van der Waals surface area contributed by atoms with Crippen LogP contribution in [0, 0.1) is 38.9 Å². The highest BCUT2D eigenvalue weighted by Gasteiger charge is 2.86. The lowest BCUT2D eigenvalue weighted by molar-refractivity contribution is -0.142. The highest BCUT2D eigenvalue weighted by molar-refractivity contribution is 6.16. The molecule has 5 heteroatoms. The van der Waals surface area contributed by atoms with E-state index in [9.17, 15) is 20.1 Å². The molecule has 0 bridgehead atoms. The van der Waals surface area contributed by atoms with Gasteiger partial charge in [0.05, 0.1) is 19.2 Å². The molecule has 1 aromatic carbocycles. The van der Waals surface area contributed by atoms with Crippen LogP contribution in [0.25, 0.3) is 0 Å². The molecule has 1 spiro atoms. The standard InChI is InChI=1S/C19H18N2O3/c1-17(2)8-14(22)19(15(23)9-17)16(18(19,10-20)11-21)12-4-6-13(24-3)7-5-12/h4-7,16H,8-9H2,1-3H3/t16-/m0/s1. The molecule has 0 saturated heterocycles. The monoisotopic (exact) mass is 322 g/mol. The maximum absolute atomic E-state index is 12.9. The van der Waals surface area contributed by atoms with E-state index in [0.717, 1.165) is 0 Å². The summed E-state index contributed by atoms with van der Waals surface area (Å²) in [7, 11) is 1.54. The molecule has 3 rings (SSSR count). The minimum Gasteiger partial charge on any atom is -0.497 e. The molecule has 2 saturated carbocycles. The van der Waals surface area contributed by atoms with E-state index in [-0.39, 0.29) is 24.4 Å². The van der Waals surface area contributed by atoms with Crippen LogP contribution in [0.15, 0.2) is 24.3 Å². The van der Waals surface area contributed by atoms with Crippen LogP contribution in [0.1, 0.15) is 38.2 Å². The molecule has 2 aliphatic rings. The first-order valence-corrected chi connectivity index (χ1v) is 7.82. The van der Waals surface area contributed by atoms with E-state index >= 15 is 0 Å². The van der Waals surface area contributed by atoms with Crippen molar-refractivity contribution < 1.29 is 14.3 Å². The van der Waals surface area contributed by atoms with Gasteiger partial charge in [0, 0.05) is 18.8 Å². The van der Waals surface area contributed by atoms with Gasteiger partial charge in [-0.3, -0.25) is 9.59 Å². The molecular weight excluding hydrogens is 304 g/mol. The molecule has 5 nitrogen and oxygen atoms in total. The molecule has 2 aliphatic carbocycles. The van der Waals surface area contributed by atoms with Crippen molar-refractivity contribution in [3.8, 4) is 17.9 Å². The van der Waals surface area contributed by atoms with E-state index in [1.165, 1.54) is 0 Å². The molecule has 0 radical (unpaired) electrons. The van der Waals surface area contributed by atoms with Crippen LogP contribution in [-0.2, 0) is 9.59 Å². The Bertz CT molecular complexity index is 774. The largest absolute Gasteiger partial charge is 0.497 e. The van der Waals surface area contributed by atoms with E-state index in [1.807, 2.05) is 26.0 Å². The molecule has 0 aromatic heterocycles. The quantitative estimate of drug-likeness (QED) is 0.781. The lowest BCUT2D eigenvalue weighted by Gasteiger charge is -2.33. The fourth-order valence-corrected chi connectivity index (χ4v) is 4.23. The summed E-state index contributed by atoms with van der Waals surface area (Å²) in [6.07, 6.45) is 0.410. The SMILES string of the molecule is COc1ccc([C@H]2C(C#N)(C#N)C23C(=O)CC(C)(C)CC3=O)cc1. The van der Waals surface area contributed by atoms with Gasteiger partial charge in [0.1, 0.15) is 22.7 Å². The highest BCUT2D eigenvalue weighted by Crippen LogP contribution is 2.77. The minimum absolute atomic E-state index is 0.205. The third-order valence-electron chi connectivity index (χ3n) is 5.36. The summed E-state index contributed by atoms with van der Waals surface area (Å²) in [6, 6.07) is 10.9. The number of nitriles is 2. The van der Waals surface area contributed by atoms with Crippen molar-refractivity contribution in [3.63, 3.8) is 0 Å². The Hall–Kier alpha value is -2.66. The Morgan fingerprint density at radius 1 is 1.04 bits per heavy atom. The average Bonchev–Trinajstić information content (AvgIpc) is 3.17. The summed E-state index contributed by atoms with van der Waals surface area (Å²) < 4.78 is 5.12. The summed E-state index contributed by atoms with van der Waals surface area (Å²) in [5, 5.41) is 19.3. The predicted octanol–water partition coefficient (Wildman–Crippen LogP) is 2.77. The minimum atomic E-state index is -1.60. The zero-order chi connectivity index (χ0) is 17.8. The Kier molecular flexibility index (Phi) is 3.32. The molecule has 0 unspecified atom stereocenters. The highest BCUT2D eigenvalue weighted by atomic mass is 16.5. The number of ether oxygens (including phenoxy) is 1. The van der Waals surface area contributed by atoms with E-state index in [0.29, 0.717) is 11.3 Å². The number of nitrogens with zero attached hydrogens (tertiary/aromatic N) is 2. The number of carbonyl (C=O) groups excluding carboxylic acids is 2. The van der Waals surface area contributed by atoms with Crippen LogP contribution in [0.3, 0.4) is 0 Å². The Balaban J connectivity index is 2.13. The summed E-state index contributed by atoms with van der Waals surface area (Å²) in [4.78, 5) is 25.8. The van der Waals surface area contributed by atoms with Crippen molar-refractivity contribution in [2.24, 2.45) is 16.2 Å². The smallest absolute Gasteiger partial charge is 0.172 e. The van der Waals surface area contributed by atoms with E-state index in [1.54, 1.807) is 31.4 Å². The van der Waals surface area contributed by atoms with Gasteiger partial charge in [-0.25, -0.2) is 0 Å². The number of Topliss-reactive ketones (excluding diaryl/α,β-unsaturated/α-hetero) is 2. The molecule has 1 atom stereocenters. The van der Waals surface area contributed by atoms with E-state index < -0.39 is 22.2 Å². The van der Waals surface area contributed by atoms with Gasteiger partial charge in [-0.15, -0.1) is 0 Å². The first-order valence-electron chi connectivity index (χ1n) is 7.82. The third-order valence-corrected chi connectivity index (χ3v) is 5.36. The van der Waals surface area contributed by atoms with Gasteiger partial charge in [-0.05, 0) is 23.1 Å². The second-order valence-corrected chi connectivity index (χ2v) is 7.41. The number of hydrogen-bond donors (Lipinski definition) is 0. The second-order valence-electron chi connectivity index (χ2n) is 7.41. The first kappa shape index (κ1) is 16.2. The van der Waals surface area contributed by atoms with Crippen molar-refractivity contribution in [2.45, 2.75) is 32.6 Å². The number of carbonyl (C=O) groups is 2. The third kappa shape index (κ3) is 1.79. The number of ketones is 2. The molecule has 0 aliphatic heterocycles. The molecule has 0 amide bonds. The zero-order valence-corrected chi connectivity index (χ0v) is 13.9. The van der Waals surface area contributed by atoms with Crippen LogP contribution >= 0.6 is 0 Å². The van der Waals surface area contributed by atoms with Crippen molar-refractivity contribution in [1.29, 1.82) is 10.5 Å². The van der Waals surface area contributed by atoms with E-state index in [4.69, 9.17) is 4.74 Å². The van der Waals surface area contributed by atoms with Crippen LogP contribution in [0.4, 0.5) is 0 Å². The first-order chi connectivity index (χ1) is 11.3. The molecule has 122 valence electrons. The lowest BCUT2D eigenvalue weighted by Crippen LogP contribution is -2.42. The molecule has 24 heavy (non-hydrogen) atoms. The number of hydrogen-bond acceptors (Lipinski definition) is 5. The predicted molar refractivity (Wildman–Crippen MR) is 84.9 cm³/mol. The van der Waals surface area contributed by atoms with Crippen molar-refractivity contribution in [3.05, 3.63) is 29.8 Å². The fraction of sp³-hybridized carbons (Fsp3) is 0.474. The molecule has 0 heterocycles. The van der Waals surface area contributed by atoms with Gasteiger partial charge >= 0.3 is 0 Å². The Morgan fingerprint density at radius 3 is 1.96 bits per heavy atom. The Morgan fingerprint density at radius 2 is 1.54 bits per heavy atom. The van der Waals surface area contributed by atoms with Gasteiger partial charge in [0.15, 0.2) is 5.41 Å². The van der Waals surface area contributed by atoms with Crippen molar-refractivity contribution in [1.82, 2.24) is 0 Å². The van der Waals surface area contributed by atoms with Crippen molar-refractivity contribution in [2.75, 3.05) is 7.11 Å². The van der Waals surface area contributed by atoms with Crippen LogP contribution in [0.2, 0.25) is 0 Å². The Labute approximate surface area is 140 Å². The van der Waals surface area contributed by atoms with Gasteiger partial charge in [-0.2, -0.15) is 10.5 Å². The van der Waals surface area contributed by atoms with Gasteiger partial charge < -0.3 is 4.74 Å². The summed E-state index contributed by atoms with van der Waals surface area (Å²) in [5.41, 5.74) is -2.89. The number of benzene rings is 1. The van der Waals surface area contributed by atoms with E-state index in [2.05, 4.69) is 0 Å². The van der Waals surface area contributed by atoms with Gasteiger partial charge in [-0.1, -0.05) is 26.0 Å². The van der Waals surface area contributed by atoms with Crippen molar-refractivity contribution >= 4 is 11.6 Å². The maximum Gasteiger partial charge on any atom is 0.172 e. The molecular formula is C19H18N2O3. The van der Waals surface area contributed by atoms with Crippen LogP contribution < -0.4 is 4.74 Å². The van der Waals surface area contributed by atoms with Gasteiger partial charge in [0.2, 0.25) is 0 Å². The number of rotatable bonds is 2. The molecule has 0 N–H and O–H groups in total. The summed E-state index contributed by atoms with van der Waals surface area (Å²) >= 11 is 0. The zero-order valence-electron chi connectivity index (χ0n) is 13.9. The van der Waals surface area contributed by atoms with Crippen LogP contribution in [0.5, 0.6) is 5.75 Å². The molecule has 1 aromatic rings. The summed E-state index contributed by atoms with van der Waals surface area (Å²) in [6.45, 7) is 3.72. The second kappa shape index (κ2) is 4.92. The lowest BCUT2D eigenvalue weighted by atomic mass is 9.67. The fourth-order valence-electron chi connectivity index (χ4n) is 4.23.